The van der Waals surface area contributed by atoms with Crippen LogP contribution < -0.4 is 20.4 Å². The molecule has 4 N–H and O–H groups in total. The first kappa shape index (κ1) is 23.7. The van der Waals surface area contributed by atoms with Crippen molar-refractivity contribution in [1.29, 1.82) is 0 Å². The normalized spacial score (nSPS) is 27.2. The second-order valence-electron chi connectivity index (χ2n) is 5.30. The van der Waals surface area contributed by atoms with Crippen molar-refractivity contribution >= 4 is 41.5 Å². The van der Waals surface area contributed by atoms with E-state index in [2.05, 4.69) is 18.1 Å². The quantitative estimate of drug-likeness (QED) is 0.277. The van der Waals surface area contributed by atoms with E-state index in [0.717, 1.165) is 0 Å². The van der Waals surface area contributed by atoms with Gasteiger partial charge in [-0.1, -0.05) is 0 Å². The van der Waals surface area contributed by atoms with Crippen molar-refractivity contribution in [2.75, 3.05) is 12.3 Å². The van der Waals surface area contributed by atoms with Gasteiger partial charge >= 0.3 is 7.82 Å². The molecule has 5 unspecified atom stereocenters. The van der Waals surface area contributed by atoms with Crippen LogP contribution in [-0.2, 0) is 31.6 Å². The summed E-state index contributed by atoms with van der Waals surface area (Å²) in [5, 5.41) is 9.98. The number of hydrogen-bond acceptors (Lipinski definition) is 14. The van der Waals surface area contributed by atoms with Gasteiger partial charge in [0.05, 0.1) is 20.5 Å². The summed E-state index contributed by atoms with van der Waals surface area (Å²) in [5.74, 6) is 0.156. The van der Waals surface area contributed by atoms with E-state index in [9.17, 15) is 38.4 Å². The van der Waals surface area contributed by atoms with E-state index in [1.165, 1.54) is 16.8 Å². The number of nitrogen functional groups attached to an aromatic ring is 1. The molecule has 5 atom stereocenters. The van der Waals surface area contributed by atoms with E-state index in [0.29, 0.717) is 0 Å². The van der Waals surface area contributed by atoms with Gasteiger partial charge in [0.25, 0.3) is 7.82 Å². The molecule has 1 aromatic heterocycles. The summed E-state index contributed by atoms with van der Waals surface area (Å²) >= 11 is 5.00. The van der Waals surface area contributed by atoms with Gasteiger partial charge in [0.2, 0.25) is 4.77 Å². The van der Waals surface area contributed by atoms with Crippen LogP contribution in [0.3, 0.4) is 0 Å². The maximum absolute atomic E-state index is 11.6. The lowest BCUT2D eigenvalue weighted by Crippen LogP contribution is -2.26. The van der Waals surface area contributed by atoms with Crippen LogP contribution >= 0.6 is 35.7 Å². The van der Waals surface area contributed by atoms with Crippen LogP contribution in [-0.4, -0.2) is 38.4 Å². The average Bonchev–Trinajstić information content (AvgIpc) is 2.82. The summed E-state index contributed by atoms with van der Waals surface area (Å²) in [6.07, 6.45) is -1.85. The van der Waals surface area contributed by atoms with Crippen molar-refractivity contribution in [3.63, 3.8) is 0 Å². The van der Waals surface area contributed by atoms with Gasteiger partial charge in [-0.2, -0.15) is 0 Å². The van der Waals surface area contributed by atoms with E-state index < -0.39 is 48.5 Å². The molecule has 1 aromatic rings. The van der Waals surface area contributed by atoms with Crippen molar-refractivity contribution in [3.8, 4) is 0 Å². The predicted octanol–water partition coefficient (Wildman–Crippen LogP) is -1.71. The third kappa shape index (κ3) is 7.04. The molecular formula is C9H13N3O12P3S-3. The van der Waals surface area contributed by atoms with Crippen molar-refractivity contribution in [2.24, 2.45) is 0 Å². The number of nitrogens with two attached hydrogens (primary N) is 1. The molecule has 1 aliphatic heterocycles. The highest BCUT2D eigenvalue weighted by atomic mass is 32.1. The molecule has 15 nitrogen and oxygen atoms in total. The Morgan fingerprint density at radius 3 is 2.57 bits per heavy atom. The molecule has 160 valence electrons. The first-order chi connectivity index (χ1) is 12.7. The molecule has 0 bridgehead atoms. The molecule has 1 fully saturated rings. The van der Waals surface area contributed by atoms with Gasteiger partial charge in [0.15, 0.2) is 0 Å². The van der Waals surface area contributed by atoms with Gasteiger partial charge in [-0.05, 0) is 18.3 Å². The highest BCUT2D eigenvalue weighted by molar-refractivity contribution is 7.71. The number of phosphoric acid groups is 3. The number of hydrogen-bond donors (Lipinski definition) is 3. The zero-order chi connectivity index (χ0) is 21.3. The minimum Gasteiger partial charge on any atom is -0.790 e. The molecule has 2 heterocycles. The minimum absolute atomic E-state index is 0.0246. The van der Waals surface area contributed by atoms with Gasteiger partial charge in [-0.25, -0.2) is 13.9 Å². The highest BCUT2D eigenvalue weighted by Crippen LogP contribution is 2.62. The fraction of sp³-hybridized carbons (Fsp3) is 0.556. The molecule has 2 rings (SSSR count). The van der Waals surface area contributed by atoms with Crippen molar-refractivity contribution in [1.82, 2.24) is 9.55 Å². The van der Waals surface area contributed by atoms with Crippen molar-refractivity contribution < 1.29 is 56.3 Å². The highest BCUT2D eigenvalue weighted by Gasteiger charge is 2.38. The Morgan fingerprint density at radius 1 is 1.36 bits per heavy atom. The average molecular weight is 480 g/mol. The van der Waals surface area contributed by atoms with Crippen molar-refractivity contribution in [2.45, 2.75) is 24.9 Å². The lowest BCUT2D eigenvalue weighted by Gasteiger charge is -2.35. The SMILES string of the molecule is Nc1ccn(C2CC(O)C(COP(=O)(O)OP(=O)([O-])OP(=O)([O-])[O-])O2)c(=S)n1. The van der Waals surface area contributed by atoms with E-state index in [1.54, 1.807) is 0 Å². The molecule has 19 heteroatoms. The Labute approximate surface area is 162 Å². The first-order valence-electron chi connectivity index (χ1n) is 7.09. The zero-order valence-corrected chi connectivity index (χ0v) is 17.0. The van der Waals surface area contributed by atoms with Crippen molar-refractivity contribution in [3.05, 3.63) is 17.0 Å². The number of anilines is 1. The minimum atomic E-state index is -6.05. The zero-order valence-electron chi connectivity index (χ0n) is 13.5. The standard InChI is InChI=1S/C9H16N3O12P3S/c10-7-1-2-12(9(28)11-7)8-3-5(13)6(22-8)4-21-26(17,18)24-27(19,20)23-25(14,15)16/h1-2,5-6,8,13H,3-4H2,(H,17,18)(H,19,20)(H2,10,11,28)(H2,14,15,16)/p-3. The fourth-order valence-electron chi connectivity index (χ4n) is 2.14. The van der Waals surface area contributed by atoms with Crippen LogP contribution in [0.2, 0.25) is 0 Å². The number of nitrogens with zero attached hydrogens (tertiary/aromatic N) is 2. The lowest BCUT2D eigenvalue weighted by molar-refractivity contribution is -0.339. The van der Waals surface area contributed by atoms with Gasteiger partial charge < -0.3 is 39.7 Å². The van der Waals surface area contributed by atoms with Gasteiger partial charge in [0, 0.05) is 12.6 Å². The molecule has 1 saturated heterocycles. The van der Waals surface area contributed by atoms with Gasteiger partial charge in [-0.15, -0.1) is 0 Å². The molecule has 0 saturated carbocycles. The maximum Gasteiger partial charge on any atom is 0.478 e. The van der Waals surface area contributed by atoms with Gasteiger partial charge in [0.1, 0.15) is 18.1 Å². The van der Waals surface area contributed by atoms with Gasteiger partial charge in [-0.3, -0.25) is 18.0 Å². The largest absolute Gasteiger partial charge is 0.790 e. The maximum atomic E-state index is 11.6. The predicted molar refractivity (Wildman–Crippen MR) is 85.2 cm³/mol. The Kier molecular flexibility index (Phi) is 7.33. The summed E-state index contributed by atoms with van der Waals surface area (Å²) in [5.41, 5.74) is 5.48. The summed E-state index contributed by atoms with van der Waals surface area (Å²) < 4.78 is 50.7. The Balaban J connectivity index is 1.98. The van der Waals surface area contributed by atoms with Crippen LogP contribution in [0.5, 0.6) is 0 Å². The molecule has 1 aliphatic rings. The topological polar surface area (TPSA) is 242 Å². The van der Waals surface area contributed by atoms with Crippen LogP contribution in [0, 0.1) is 4.77 Å². The molecule has 28 heavy (non-hydrogen) atoms. The van der Waals surface area contributed by atoms with Crippen LogP contribution in [0.15, 0.2) is 12.3 Å². The second-order valence-corrected chi connectivity index (χ2v) is 9.95. The smallest absolute Gasteiger partial charge is 0.478 e. The van der Waals surface area contributed by atoms with E-state index in [-0.39, 0.29) is 17.0 Å². The molecule has 0 aliphatic carbocycles. The fourth-order valence-corrected chi connectivity index (χ4v) is 5.32. The third-order valence-electron chi connectivity index (χ3n) is 3.17. The number of aromatic nitrogens is 2. The Hall–Kier alpha value is -0.570. The monoisotopic (exact) mass is 480 g/mol. The number of ether oxygens (including phenoxy) is 1. The van der Waals surface area contributed by atoms with Crippen LogP contribution in [0.25, 0.3) is 0 Å². The summed E-state index contributed by atoms with van der Waals surface area (Å²) in [6, 6.07) is 1.42. The number of aliphatic hydroxyl groups is 1. The van der Waals surface area contributed by atoms with Crippen LogP contribution in [0.1, 0.15) is 12.6 Å². The second kappa shape index (κ2) is 8.66. The molecule has 0 aromatic carbocycles. The van der Waals surface area contributed by atoms with E-state index in [4.69, 9.17) is 22.7 Å². The number of aliphatic hydroxyl groups excluding tert-OH is 1. The lowest BCUT2D eigenvalue weighted by atomic mass is 10.2. The number of rotatable bonds is 8. The number of phosphoric ester groups is 1. The molecular weight excluding hydrogens is 467 g/mol. The van der Waals surface area contributed by atoms with Crippen LogP contribution in [0.4, 0.5) is 5.82 Å². The molecule has 0 radical (unpaired) electrons. The molecule has 0 amide bonds. The summed E-state index contributed by atoms with van der Waals surface area (Å²) in [7, 11) is -17.5. The van der Waals surface area contributed by atoms with E-state index in [1.807, 2.05) is 0 Å². The third-order valence-corrected chi connectivity index (χ3v) is 7.17. The first-order valence-corrected chi connectivity index (χ1v) is 11.9. The summed E-state index contributed by atoms with van der Waals surface area (Å²) in [6.45, 7) is -0.840. The van der Waals surface area contributed by atoms with E-state index >= 15 is 0 Å². The molecule has 0 spiro atoms. The Bertz CT molecular complexity index is 919. The summed E-state index contributed by atoms with van der Waals surface area (Å²) in [4.78, 5) is 44.8. The Morgan fingerprint density at radius 2 is 2.00 bits per heavy atom.